The Labute approximate surface area is 150 Å². The Hall–Kier alpha value is -2.86. The summed E-state index contributed by atoms with van der Waals surface area (Å²) in [7, 11) is 1.32. The van der Waals surface area contributed by atoms with E-state index < -0.39 is 5.97 Å². The molecule has 0 saturated heterocycles. The molecular formula is C18H17ClN2O4. The highest BCUT2D eigenvalue weighted by Gasteiger charge is 2.05. The van der Waals surface area contributed by atoms with Crippen LogP contribution in [0.2, 0.25) is 5.02 Å². The van der Waals surface area contributed by atoms with Gasteiger partial charge in [0.2, 0.25) is 0 Å². The zero-order valence-electron chi connectivity index (χ0n) is 13.8. The Morgan fingerprint density at radius 1 is 1.20 bits per heavy atom. The van der Waals surface area contributed by atoms with Crippen LogP contribution < -0.4 is 5.32 Å². The van der Waals surface area contributed by atoms with E-state index in [0.717, 1.165) is 11.1 Å². The number of esters is 1. The first kappa shape index (κ1) is 18.5. The number of nitrogens with one attached hydrogen (secondary N) is 1. The molecule has 0 heterocycles. The molecular weight excluding hydrogens is 344 g/mol. The topological polar surface area (TPSA) is 77.0 Å². The van der Waals surface area contributed by atoms with E-state index in [2.05, 4.69) is 15.2 Å². The summed E-state index contributed by atoms with van der Waals surface area (Å²) in [5.41, 5.74) is 2.68. The van der Waals surface area contributed by atoms with Gasteiger partial charge in [-0.25, -0.2) is 4.79 Å². The SMILES string of the molecule is COC(=O)c1ccc(/C=N/OCC(=O)Nc2ccc(C)c(Cl)c2)cc1. The van der Waals surface area contributed by atoms with Crippen LogP contribution in [0.1, 0.15) is 21.5 Å². The molecule has 0 aliphatic heterocycles. The van der Waals surface area contributed by atoms with E-state index >= 15 is 0 Å². The lowest BCUT2D eigenvalue weighted by Crippen LogP contribution is -2.17. The molecule has 130 valence electrons. The maximum atomic E-state index is 11.8. The van der Waals surface area contributed by atoms with Crippen molar-refractivity contribution in [3.05, 3.63) is 64.2 Å². The molecule has 25 heavy (non-hydrogen) atoms. The zero-order chi connectivity index (χ0) is 18.2. The van der Waals surface area contributed by atoms with Gasteiger partial charge in [0.15, 0.2) is 6.61 Å². The number of aryl methyl sites for hydroxylation is 1. The third-order valence-electron chi connectivity index (χ3n) is 3.26. The van der Waals surface area contributed by atoms with Gasteiger partial charge in [-0.3, -0.25) is 4.79 Å². The van der Waals surface area contributed by atoms with Crippen molar-refractivity contribution in [2.45, 2.75) is 6.92 Å². The molecule has 0 aromatic heterocycles. The van der Waals surface area contributed by atoms with Crippen LogP contribution in [-0.4, -0.2) is 31.8 Å². The van der Waals surface area contributed by atoms with Crippen molar-refractivity contribution in [2.24, 2.45) is 5.16 Å². The number of amides is 1. The number of hydrogen-bond acceptors (Lipinski definition) is 5. The van der Waals surface area contributed by atoms with Crippen LogP contribution >= 0.6 is 11.6 Å². The highest BCUT2D eigenvalue weighted by Crippen LogP contribution is 2.19. The monoisotopic (exact) mass is 360 g/mol. The lowest BCUT2D eigenvalue weighted by Gasteiger charge is -2.06. The van der Waals surface area contributed by atoms with Crippen LogP contribution in [0.4, 0.5) is 5.69 Å². The van der Waals surface area contributed by atoms with Crippen LogP contribution in [0.15, 0.2) is 47.6 Å². The van der Waals surface area contributed by atoms with Crippen LogP contribution in [0.25, 0.3) is 0 Å². The first-order valence-electron chi connectivity index (χ1n) is 7.39. The number of carbonyl (C=O) groups is 2. The second-order valence-corrected chi connectivity index (χ2v) is 5.54. The third-order valence-corrected chi connectivity index (χ3v) is 3.67. The summed E-state index contributed by atoms with van der Waals surface area (Å²) in [5, 5.41) is 6.96. The Bertz CT molecular complexity index is 788. The van der Waals surface area contributed by atoms with Gasteiger partial charge in [0.25, 0.3) is 5.91 Å². The first-order chi connectivity index (χ1) is 12.0. The van der Waals surface area contributed by atoms with Crippen molar-refractivity contribution in [3.63, 3.8) is 0 Å². The summed E-state index contributed by atoms with van der Waals surface area (Å²) in [6.07, 6.45) is 1.44. The molecule has 0 unspecified atom stereocenters. The van der Waals surface area contributed by atoms with Crippen molar-refractivity contribution in [2.75, 3.05) is 19.0 Å². The second-order valence-electron chi connectivity index (χ2n) is 5.13. The molecule has 0 radical (unpaired) electrons. The maximum absolute atomic E-state index is 11.8. The summed E-state index contributed by atoms with van der Waals surface area (Å²) in [4.78, 5) is 28.0. The minimum absolute atomic E-state index is 0.234. The minimum atomic E-state index is -0.410. The van der Waals surface area contributed by atoms with E-state index in [1.807, 2.05) is 13.0 Å². The largest absolute Gasteiger partial charge is 0.465 e. The summed E-state index contributed by atoms with van der Waals surface area (Å²) in [6.45, 7) is 1.64. The van der Waals surface area contributed by atoms with Gasteiger partial charge in [-0.05, 0) is 42.3 Å². The summed E-state index contributed by atoms with van der Waals surface area (Å²) < 4.78 is 4.61. The number of rotatable bonds is 6. The zero-order valence-corrected chi connectivity index (χ0v) is 14.5. The normalized spacial score (nSPS) is 10.5. The van der Waals surface area contributed by atoms with Gasteiger partial charge in [0.05, 0.1) is 18.9 Å². The lowest BCUT2D eigenvalue weighted by atomic mass is 10.1. The fourth-order valence-electron chi connectivity index (χ4n) is 1.88. The van der Waals surface area contributed by atoms with Gasteiger partial charge < -0.3 is 14.9 Å². The summed E-state index contributed by atoms with van der Waals surface area (Å²) in [6, 6.07) is 11.8. The Morgan fingerprint density at radius 2 is 1.92 bits per heavy atom. The number of anilines is 1. The van der Waals surface area contributed by atoms with Gasteiger partial charge in [0.1, 0.15) is 0 Å². The van der Waals surface area contributed by atoms with E-state index in [0.29, 0.717) is 16.3 Å². The number of nitrogens with zero attached hydrogens (tertiary/aromatic N) is 1. The molecule has 0 spiro atoms. The summed E-state index contributed by atoms with van der Waals surface area (Å²) >= 11 is 6.00. The molecule has 1 amide bonds. The number of oxime groups is 1. The molecule has 1 N–H and O–H groups in total. The smallest absolute Gasteiger partial charge is 0.337 e. The first-order valence-corrected chi connectivity index (χ1v) is 7.77. The Morgan fingerprint density at radius 3 is 2.56 bits per heavy atom. The van der Waals surface area contributed by atoms with Crippen LogP contribution in [0.5, 0.6) is 0 Å². The lowest BCUT2D eigenvalue weighted by molar-refractivity contribution is -0.120. The Balaban J connectivity index is 1.81. The van der Waals surface area contributed by atoms with Gasteiger partial charge in [-0.2, -0.15) is 0 Å². The quantitative estimate of drug-likeness (QED) is 0.486. The molecule has 0 aliphatic carbocycles. The minimum Gasteiger partial charge on any atom is -0.465 e. The van der Waals surface area contributed by atoms with Crippen molar-refractivity contribution in [3.8, 4) is 0 Å². The average molecular weight is 361 g/mol. The number of hydrogen-bond donors (Lipinski definition) is 1. The molecule has 0 saturated carbocycles. The summed E-state index contributed by atoms with van der Waals surface area (Å²) in [5.74, 6) is -0.759. The van der Waals surface area contributed by atoms with Crippen LogP contribution in [-0.2, 0) is 14.4 Å². The molecule has 2 rings (SSSR count). The average Bonchev–Trinajstić information content (AvgIpc) is 2.62. The van der Waals surface area contributed by atoms with E-state index in [4.69, 9.17) is 16.4 Å². The standard InChI is InChI=1S/C18H17ClN2O4/c1-12-3-8-15(9-16(12)19)21-17(22)11-25-20-10-13-4-6-14(7-5-13)18(23)24-2/h3-10H,11H2,1-2H3,(H,21,22)/b20-10+. The predicted molar refractivity (Wildman–Crippen MR) is 96.1 cm³/mol. The number of carbonyl (C=O) groups excluding carboxylic acids is 2. The van der Waals surface area contributed by atoms with Crippen LogP contribution in [0, 0.1) is 6.92 Å². The molecule has 2 aromatic rings. The van der Waals surface area contributed by atoms with Gasteiger partial charge in [-0.1, -0.05) is 35.0 Å². The van der Waals surface area contributed by atoms with Crippen molar-refractivity contribution in [1.29, 1.82) is 0 Å². The molecule has 0 fully saturated rings. The molecule has 0 atom stereocenters. The maximum Gasteiger partial charge on any atom is 0.337 e. The molecule has 0 bridgehead atoms. The number of halogens is 1. The van der Waals surface area contributed by atoms with E-state index in [9.17, 15) is 9.59 Å². The number of benzene rings is 2. The van der Waals surface area contributed by atoms with E-state index in [1.54, 1.807) is 36.4 Å². The van der Waals surface area contributed by atoms with Crippen molar-refractivity contribution < 1.29 is 19.2 Å². The van der Waals surface area contributed by atoms with Gasteiger partial charge in [-0.15, -0.1) is 0 Å². The van der Waals surface area contributed by atoms with Gasteiger partial charge in [0, 0.05) is 10.7 Å². The van der Waals surface area contributed by atoms with Gasteiger partial charge >= 0.3 is 5.97 Å². The van der Waals surface area contributed by atoms with E-state index in [1.165, 1.54) is 13.3 Å². The number of ether oxygens (including phenoxy) is 1. The third kappa shape index (κ3) is 5.61. The van der Waals surface area contributed by atoms with E-state index in [-0.39, 0.29) is 12.5 Å². The molecule has 6 nitrogen and oxygen atoms in total. The van der Waals surface area contributed by atoms with Crippen molar-refractivity contribution in [1.82, 2.24) is 0 Å². The molecule has 2 aromatic carbocycles. The van der Waals surface area contributed by atoms with Crippen molar-refractivity contribution >= 4 is 35.4 Å². The molecule has 7 heteroatoms. The van der Waals surface area contributed by atoms with Crippen LogP contribution in [0.3, 0.4) is 0 Å². The Kier molecular flexibility index (Phi) is 6.54. The fraction of sp³-hybridized carbons (Fsp3) is 0.167. The number of methoxy groups -OCH3 is 1. The highest BCUT2D eigenvalue weighted by molar-refractivity contribution is 6.31. The second kappa shape index (κ2) is 8.84. The predicted octanol–water partition coefficient (Wildman–Crippen LogP) is 3.42. The highest BCUT2D eigenvalue weighted by atomic mass is 35.5. The fourth-order valence-corrected chi connectivity index (χ4v) is 2.07. The molecule has 0 aliphatic rings.